The summed E-state index contributed by atoms with van der Waals surface area (Å²) in [6, 6.07) is 16.4. The maximum atomic E-state index is 12.6. The molecule has 5 nitrogen and oxygen atoms in total. The second-order valence-electron chi connectivity index (χ2n) is 8.45. The van der Waals surface area contributed by atoms with Gasteiger partial charge in [-0.3, -0.25) is 9.80 Å². The Bertz CT molecular complexity index is 871. The third-order valence-electron chi connectivity index (χ3n) is 6.28. The van der Waals surface area contributed by atoms with Crippen molar-refractivity contribution in [3.63, 3.8) is 0 Å². The van der Waals surface area contributed by atoms with E-state index in [1.54, 1.807) is 18.2 Å². The Morgan fingerprint density at radius 3 is 2.45 bits per heavy atom. The van der Waals surface area contributed by atoms with Crippen molar-refractivity contribution in [1.29, 1.82) is 0 Å². The molecule has 0 aliphatic carbocycles. The molecule has 31 heavy (non-hydrogen) atoms. The minimum Gasteiger partial charge on any atom is -0.322 e. The van der Waals surface area contributed by atoms with Crippen LogP contribution in [0.15, 0.2) is 48.5 Å². The molecule has 4 rings (SSSR count). The Kier molecular flexibility index (Phi) is 7.72. The summed E-state index contributed by atoms with van der Waals surface area (Å²) in [5.74, 6) is 0. The first kappa shape index (κ1) is 22.4. The summed E-state index contributed by atoms with van der Waals surface area (Å²) in [6.07, 6.45) is 3.85. The number of rotatable bonds is 5. The van der Waals surface area contributed by atoms with Gasteiger partial charge in [-0.15, -0.1) is 0 Å². The number of halogens is 2. The molecular weight excluding hydrogens is 431 g/mol. The number of anilines is 1. The number of benzene rings is 2. The average molecular weight is 461 g/mol. The first-order valence-electron chi connectivity index (χ1n) is 11.1. The van der Waals surface area contributed by atoms with Crippen LogP contribution in [0.25, 0.3) is 0 Å². The summed E-state index contributed by atoms with van der Waals surface area (Å²) in [4.78, 5) is 19.7. The second-order valence-corrected chi connectivity index (χ2v) is 9.27. The zero-order chi connectivity index (χ0) is 21.6. The predicted molar refractivity (Wildman–Crippen MR) is 128 cm³/mol. The first-order chi connectivity index (χ1) is 15.1. The Morgan fingerprint density at radius 2 is 1.71 bits per heavy atom. The molecule has 0 bridgehead atoms. The quantitative estimate of drug-likeness (QED) is 0.666. The van der Waals surface area contributed by atoms with E-state index in [-0.39, 0.29) is 6.03 Å². The number of hydrogen-bond donors (Lipinski definition) is 1. The highest BCUT2D eigenvalue weighted by Crippen LogP contribution is 2.25. The number of nitrogens with one attached hydrogen (secondary N) is 1. The van der Waals surface area contributed by atoms with E-state index in [9.17, 15) is 4.79 Å². The average Bonchev–Trinajstić information content (AvgIpc) is 2.79. The molecule has 7 heteroatoms. The first-order valence-corrected chi connectivity index (χ1v) is 11.9. The number of carbonyl (C=O) groups excluding carboxylic acids is 1. The number of hydrogen-bond acceptors (Lipinski definition) is 3. The van der Waals surface area contributed by atoms with Gasteiger partial charge < -0.3 is 10.2 Å². The number of likely N-dealkylation sites (tertiary alicyclic amines) is 1. The Hall–Kier alpha value is -1.79. The van der Waals surface area contributed by atoms with E-state index < -0.39 is 0 Å². The number of piperazine rings is 1. The van der Waals surface area contributed by atoms with Crippen LogP contribution in [0.3, 0.4) is 0 Å². The normalized spacial score (nSPS) is 20.6. The third-order valence-corrected chi connectivity index (χ3v) is 7.02. The molecule has 166 valence electrons. The van der Waals surface area contributed by atoms with Gasteiger partial charge in [-0.2, -0.15) is 0 Å². The van der Waals surface area contributed by atoms with Gasteiger partial charge in [0.25, 0.3) is 0 Å². The highest BCUT2D eigenvalue weighted by Gasteiger charge is 2.27. The minimum atomic E-state index is -0.0820. The van der Waals surface area contributed by atoms with Crippen LogP contribution < -0.4 is 5.32 Å². The van der Waals surface area contributed by atoms with E-state index in [4.69, 9.17) is 23.2 Å². The van der Waals surface area contributed by atoms with E-state index in [1.165, 1.54) is 31.4 Å². The van der Waals surface area contributed by atoms with Gasteiger partial charge in [-0.1, -0.05) is 60.0 Å². The number of piperidine rings is 1. The third kappa shape index (κ3) is 6.13. The lowest BCUT2D eigenvalue weighted by molar-refractivity contribution is 0.0765. The van der Waals surface area contributed by atoms with Crippen LogP contribution in [-0.4, -0.2) is 66.0 Å². The smallest absolute Gasteiger partial charge is 0.321 e. The fraction of sp³-hybridized carbons (Fsp3) is 0.458. The monoisotopic (exact) mass is 460 g/mol. The molecule has 1 N–H and O–H groups in total. The van der Waals surface area contributed by atoms with E-state index >= 15 is 0 Å². The summed E-state index contributed by atoms with van der Waals surface area (Å²) < 4.78 is 0. The lowest BCUT2D eigenvalue weighted by atomic mass is 10.00. The molecule has 2 aliphatic rings. The van der Waals surface area contributed by atoms with Crippen molar-refractivity contribution in [3.8, 4) is 0 Å². The molecular formula is C24H30Cl2N4O. The molecule has 2 aromatic rings. The van der Waals surface area contributed by atoms with Crippen LogP contribution in [-0.2, 0) is 6.54 Å². The minimum absolute atomic E-state index is 0.0820. The molecule has 0 spiro atoms. The molecule has 2 fully saturated rings. The van der Waals surface area contributed by atoms with Gasteiger partial charge in [0.15, 0.2) is 0 Å². The van der Waals surface area contributed by atoms with Crippen LogP contribution in [0.5, 0.6) is 0 Å². The second kappa shape index (κ2) is 10.7. The molecule has 1 atom stereocenters. The lowest BCUT2D eigenvalue weighted by Crippen LogP contribution is -2.54. The Morgan fingerprint density at radius 1 is 0.935 bits per heavy atom. The maximum Gasteiger partial charge on any atom is 0.321 e. The highest BCUT2D eigenvalue weighted by molar-refractivity contribution is 6.42. The van der Waals surface area contributed by atoms with Crippen LogP contribution >= 0.6 is 23.2 Å². The topological polar surface area (TPSA) is 38.8 Å². The summed E-state index contributed by atoms with van der Waals surface area (Å²) in [5.41, 5.74) is 2.05. The van der Waals surface area contributed by atoms with Crippen LogP contribution in [0.4, 0.5) is 10.5 Å². The SMILES string of the molecule is O=C(Nc1ccc(Cl)c(Cl)c1)N1CCN(CC2CCCCN2Cc2ccccc2)CC1. The van der Waals surface area contributed by atoms with Crippen molar-refractivity contribution in [2.75, 3.05) is 44.6 Å². The molecule has 2 amide bonds. The number of nitrogens with zero attached hydrogens (tertiary/aromatic N) is 3. The number of amides is 2. The van der Waals surface area contributed by atoms with Gasteiger partial charge in [0, 0.05) is 51.0 Å². The van der Waals surface area contributed by atoms with Crippen molar-refractivity contribution < 1.29 is 4.79 Å². The zero-order valence-corrected chi connectivity index (χ0v) is 19.3. The van der Waals surface area contributed by atoms with E-state index in [0.29, 0.717) is 21.8 Å². The van der Waals surface area contributed by atoms with Crippen LogP contribution in [0.1, 0.15) is 24.8 Å². The van der Waals surface area contributed by atoms with Gasteiger partial charge in [-0.05, 0) is 43.1 Å². The van der Waals surface area contributed by atoms with Gasteiger partial charge in [0.2, 0.25) is 0 Å². The molecule has 2 saturated heterocycles. The van der Waals surface area contributed by atoms with Gasteiger partial charge in [0.05, 0.1) is 10.0 Å². The van der Waals surface area contributed by atoms with Gasteiger partial charge in [0.1, 0.15) is 0 Å². The maximum absolute atomic E-state index is 12.6. The fourth-order valence-electron chi connectivity index (χ4n) is 4.50. The van der Waals surface area contributed by atoms with Crippen molar-refractivity contribution in [3.05, 3.63) is 64.1 Å². The standard InChI is InChI=1S/C24H30Cl2N4O/c25-22-10-9-20(16-23(22)26)27-24(31)29-14-12-28(13-15-29)18-21-8-4-5-11-30(21)17-19-6-2-1-3-7-19/h1-3,6-7,9-10,16,21H,4-5,8,11-15,17-18H2,(H,27,31). The summed E-state index contributed by atoms with van der Waals surface area (Å²) in [6.45, 7) is 6.56. The lowest BCUT2D eigenvalue weighted by Gasteiger charge is -2.41. The number of urea groups is 1. The molecule has 0 radical (unpaired) electrons. The largest absolute Gasteiger partial charge is 0.322 e. The molecule has 0 aromatic heterocycles. The molecule has 0 saturated carbocycles. The van der Waals surface area contributed by atoms with Crippen molar-refractivity contribution >= 4 is 34.9 Å². The van der Waals surface area contributed by atoms with Crippen LogP contribution in [0.2, 0.25) is 10.0 Å². The Labute approximate surface area is 194 Å². The predicted octanol–water partition coefficient (Wildman–Crippen LogP) is 5.20. The summed E-state index contributed by atoms with van der Waals surface area (Å²) in [7, 11) is 0. The highest BCUT2D eigenvalue weighted by atomic mass is 35.5. The number of carbonyl (C=O) groups is 1. The van der Waals surface area contributed by atoms with E-state index in [0.717, 1.165) is 39.3 Å². The molecule has 2 aliphatic heterocycles. The molecule has 1 unspecified atom stereocenters. The summed E-state index contributed by atoms with van der Waals surface area (Å²) in [5, 5.41) is 3.85. The van der Waals surface area contributed by atoms with Crippen molar-refractivity contribution in [1.82, 2.24) is 14.7 Å². The fourth-order valence-corrected chi connectivity index (χ4v) is 4.80. The molecule has 2 aromatic carbocycles. The van der Waals surface area contributed by atoms with E-state index in [1.807, 2.05) is 4.90 Å². The molecule has 2 heterocycles. The zero-order valence-electron chi connectivity index (χ0n) is 17.8. The summed E-state index contributed by atoms with van der Waals surface area (Å²) >= 11 is 12.0. The van der Waals surface area contributed by atoms with Crippen LogP contribution in [0, 0.1) is 0 Å². The van der Waals surface area contributed by atoms with Crippen molar-refractivity contribution in [2.45, 2.75) is 31.8 Å². The Balaban J connectivity index is 1.26. The van der Waals surface area contributed by atoms with E-state index in [2.05, 4.69) is 45.4 Å². The van der Waals surface area contributed by atoms with Crippen molar-refractivity contribution in [2.24, 2.45) is 0 Å². The van der Waals surface area contributed by atoms with Gasteiger partial charge in [-0.25, -0.2) is 4.79 Å². The van der Waals surface area contributed by atoms with Gasteiger partial charge >= 0.3 is 6.03 Å².